The predicted molar refractivity (Wildman–Crippen MR) is 80.1 cm³/mol. The summed E-state index contributed by atoms with van der Waals surface area (Å²) >= 11 is 0. The average molecular weight is 338 g/mol. The molecule has 0 fully saturated rings. The lowest BCUT2D eigenvalue weighted by Gasteiger charge is -1.99. The molecule has 0 amide bonds. The van der Waals surface area contributed by atoms with Crippen molar-refractivity contribution in [2.45, 2.75) is 4.90 Å². The number of hydrogen-bond donors (Lipinski definition) is 2. The first-order valence-corrected chi connectivity index (χ1v) is 8.60. The van der Waals surface area contributed by atoms with E-state index in [1.165, 1.54) is 18.2 Å². The van der Waals surface area contributed by atoms with Crippen LogP contribution in [0.1, 0.15) is 0 Å². The van der Waals surface area contributed by atoms with Gasteiger partial charge in [-0.15, -0.1) is 3.63 Å². The number of nitrogens with zero attached hydrogens (tertiary/aromatic N) is 1. The number of aromatic amines is 1. The Balaban J connectivity index is 2.08. The van der Waals surface area contributed by atoms with Gasteiger partial charge < -0.3 is 4.98 Å². The largest absolute Gasteiger partial charge is 0.338 e. The molecule has 0 aliphatic heterocycles. The van der Waals surface area contributed by atoms with Crippen molar-refractivity contribution in [1.29, 1.82) is 0 Å². The van der Waals surface area contributed by atoms with Crippen LogP contribution in [-0.2, 0) is 24.7 Å². The number of rotatable bonds is 4. The van der Waals surface area contributed by atoms with E-state index in [9.17, 15) is 16.8 Å². The molecular formula is C13H10N2O5S2. The summed E-state index contributed by atoms with van der Waals surface area (Å²) in [6, 6.07) is 13.3. The van der Waals surface area contributed by atoms with Crippen LogP contribution in [0.25, 0.3) is 22.4 Å². The second-order valence-corrected chi connectivity index (χ2v) is 6.81. The molecule has 1 N–H and O–H groups in total. The monoisotopic (exact) mass is 338 g/mol. The van der Waals surface area contributed by atoms with Crippen molar-refractivity contribution in [3.05, 3.63) is 48.5 Å². The van der Waals surface area contributed by atoms with Crippen LogP contribution < -0.4 is 0 Å². The number of aromatic nitrogens is 2. The summed E-state index contributed by atoms with van der Waals surface area (Å²) in [4.78, 5) is 7.10. The van der Waals surface area contributed by atoms with Gasteiger partial charge in [-0.3, -0.25) is 0 Å². The van der Waals surface area contributed by atoms with Crippen LogP contribution in [-0.4, -0.2) is 26.8 Å². The van der Waals surface area contributed by atoms with Crippen LogP contribution in [0.4, 0.5) is 0 Å². The van der Waals surface area contributed by atoms with E-state index in [0.717, 1.165) is 5.56 Å². The van der Waals surface area contributed by atoms with Crippen molar-refractivity contribution in [3.63, 3.8) is 0 Å². The van der Waals surface area contributed by atoms with Crippen LogP contribution in [0.3, 0.4) is 0 Å². The van der Waals surface area contributed by atoms with E-state index < -0.39 is 21.1 Å². The third-order valence-corrected chi connectivity index (χ3v) is 5.05. The second-order valence-electron chi connectivity index (χ2n) is 4.38. The first-order valence-electron chi connectivity index (χ1n) is 6.10. The van der Waals surface area contributed by atoms with E-state index in [0.29, 0.717) is 16.9 Å². The van der Waals surface area contributed by atoms with E-state index in [1.54, 1.807) is 0 Å². The molecule has 22 heavy (non-hydrogen) atoms. The van der Waals surface area contributed by atoms with Gasteiger partial charge in [0.15, 0.2) is 0 Å². The summed E-state index contributed by atoms with van der Waals surface area (Å²) < 4.78 is 48.3. The SMILES string of the molecule is O=[SH](=O)OS(=O)(=O)c1ccc2[nH]c(-c3ccccc3)nc2c1. The zero-order valence-electron chi connectivity index (χ0n) is 11.0. The molecule has 3 aromatic rings. The van der Waals surface area contributed by atoms with Gasteiger partial charge in [0.05, 0.1) is 15.9 Å². The fourth-order valence-corrected chi connectivity index (χ4v) is 3.47. The molecule has 0 saturated carbocycles. The molecule has 0 aliphatic rings. The van der Waals surface area contributed by atoms with Gasteiger partial charge in [0.2, 0.25) is 0 Å². The first-order chi connectivity index (χ1) is 10.5. The molecular weight excluding hydrogens is 328 g/mol. The van der Waals surface area contributed by atoms with E-state index in [-0.39, 0.29) is 4.90 Å². The summed E-state index contributed by atoms with van der Waals surface area (Å²) in [6.45, 7) is 0. The predicted octanol–water partition coefficient (Wildman–Crippen LogP) is 1.46. The maximum absolute atomic E-state index is 11.7. The molecule has 1 heterocycles. The van der Waals surface area contributed by atoms with Crippen LogP contribution in [0.15, 0.2) is 53.4 Å². The smallest absolute Gasteiger partial charge is 0.311 e. The molecule has 3 rings (SSSR count). The summed E-state index contributed by atoms with van der Waals surface area (Å²) in [5.41, 5.74) is 1.87. The number of benzene rings is 2. The second kappa shape index (κ2) is 5.52. The minimum atomic E-state index is -4.36. The maximum Gasteiger partial charge on any atom is 0.311 e. The lowest BCUT2D eigenvalue weighted by Crippen LogP contribution is -2.04. The van der Waals surface area contributed by atoms with Crippen LogP contribution >= 0.6 is 0 Å². The Labute approximate surface area is 127 Å². The zero-order valence-corrected chi connectivity index (χ0v) is 12.7. The summed E-state index contributed by atoms with van der Waals surface area (Å²) in [6.07, 6.45) is 0. The van der Waals surface area contributed by atoms with E-state index in [4.69, 9.17) is 0 Å². The third-order valence-electron chi connectivity index (χ3n) is 2.95. The van der Waals surface area contributed by atoms with Crippen LogP contribution in [0, 0.1) is 0 Å². The molecule has 1 aromatic heterocycles. The fraction of sp³-hybridized carbons (Fsp3) is 0. The third kappa shape index (κ3) is 2.86. The van der Waals surface area contributed by atoms with Gasteiger partial charge >= 0.3 is 10.1 Å². The lowest BCUT2D eigenvalue weighted by molar-refractivity contribution is 0.477. The Morgan fingerprint density at radius 3 is 2.45 bits per heavy atom. The molecule has 0 bridgehead atoms. The van der Waals surface area contributed by atoms with Crippen molar-refractivity contribution in [2.24, 2.45) is 0 Å². The highest BCUT2D eigenvalue weighted by atomic mass is 32.3. The molecule has 2 aromatic carbocycles. The molecule has 7 nitrogen and oxygen atoms in total. The number of hydrogen-bond acceptors (Lipinski definition) is 6. The fourth-order valence-electron chi connectivity index (χ4n) is 2.00. The molecule has 0 saturated heterocycles. The quantitative estimate of drug-likeness (QED) is 0.698. The van der Waals surface area contributed by atoms with Crippen LogP contribution in [0.5, 0.6) is 0 Å². The van der Waals surface area contributed by atoms with Gasteiger partial charge in [0.25, 0.3) is 11.0 Å². The van der Waals surface area contributed by atoms with Crippen molar-refractivity contribution in [3.8, 4) is 11.4 Å². The minimum Gasteiger partial charge on any atom is -0.338 e. The standard InChI is InChI=1S/C13H10N2O5S2/c16-21(17)20-22(18,19)10-6-7-11-12(8-10)15-13(14-11)9-4-2-1-3-5-9/h1-8,21H,(H,14,15). The first kappa shape index (κ1) is 14.7. The van der Waals surface area contributed by atoms with Crippen LogP contribution in [0.2, 0.25) is 0 Å². The number of fused-ring (bicyclic) bond motifs is 1. The van der Waals surface area contributed by atoms with E-state index in [2.05, 4.69) is 13.6 Å². The number of H-pyrrole nitrogens is 1. The van der Waals surface area contributed by atoms with Gasteiger partial charge in [0.1, 0.15) is 5.82 Å². The molecule has 0 radical (unpaired) electrons. The van der Waals surface area contributed by atoms with Crippen molar-refractivity contribution < 1.29 is 20.5 Å². The topological polar surface area (TPSA) is 106 Å². The molecule has 9 heteroatoms. The average Bonchev–Trinajstić information content (AvgIpc) is 2.90. The normalized spacial score (nSPS) is 12.0. The molecule has 0 spiro atoms. The number of nitrogens with one attached hydrogen (secondary N) is 1. The van der Waals surface area contributed by atoms with Gasteiger partial charge in [-0.1, -0.05) is 30.3 Å². The molecule has 114 valence electrons. The van der Waals surface area contributed by atoms with Gasteiger partial charge in [-0.25, -0.2) is 13.4 Å². The maximum atomic E-state index is 11.7. The number of thiol groups is 1. The summed E-state index contributed by atoms with van der Waals surface area (Å²) in [5, 5.41) is 0. The Kier molecular flexibility index (Phi) is 3.69. The Hall–Kier alpha value is -2.23. The van der Waals surface area contributed by atoms with E-state index >= 15 is 0 Å². The molecule has 0 unspecified atom stereocenters. The summed E-state index contributed by atoms with van der Waals surface area (Å²) in [7, 11) is -7.86. The Morgan fingerprint density at radius 1 is 1.05 bits per heavy atom. The van der Waals surface area contributed by atoms with Gasteiger partial charge in [-0.2, -0.15) is 8.42 Å². The molecule has 0 atom stereocenters. The van der Waals surface area contributed by atoms with Gasteiger partial charge in [-0.05, 0) is 18.2 Å². The Bertz CT molecular complexity index is 999. The highest BCUT2D eigenvalue weighted by Gasteiger charge is 2.18. The highest BCUT2D eigenvalue weighted by Crippen LogP contribution is 2.23. The van der Waals surface area contributed by atoms with Gasteiger partial charge in [0, 0.05) is 5.56 Å². The molecule has 0 aliphatic carbocycles. The van der Waals surface area contributed by atoms with Crippen molar-refractivity contribution in [1.82, 2.24) is 9.97 Å². The minimum absolute atomic E-state index is 0.273. The van der Waals surface area contributed by atoms with Crippen molar-refractivity contribution >= 4 is 32.1 Å². The zero-order chi connectivity index (χ0) is 15.7. The van der Waals surface area contributed by atoms with E-state index in [1.807, 2.05) is 30.3 Å². The van der Waals surface area contributed by atoms with Crippen molar-refractivity contribution in [2.75, 3.05) is 0 Å². The number of imidazole rings is 1. The lowest BCUT2D eigenvalue weighted by atomic mass is 10.2. The highest BCUT2D eigenvalue weighted by molar-refractivity contribution is 7.93. The Morgan fingerprint density at radius 2 is 1.77 bits per heavy atom. The summed E-state index contributed by atoms with van der Waals surface area (Å²) in [5.74, 6) is 0.584.